The minimum absolute atomic E-state index is 0.154. The second-order valence-corrected chi connectivity index (χ2v) is 7.65. The Labute approximate surface area is 163 Å². The van der Waals surface area contributed by atoms with Crippen molar-refractivity contribution in [2.24, 2.45) is 5.92 Å². The Bertz CT molecular complexity index is 819. The summed E-state index contributed by atoms with van der Waals surface area (Å²) in [6.07, 6.45) is 2.42. The van der Waals surface area contributed by atoms with Crippen molar-refractivity contribution < 1.29 is 13.9 Å². The number of ether oxygens (including phenoxy) is 1. The Morgan fingerprint density at radius 2 is 1.89 bits per heavy atom. The molecule has 0 aliphatic carbocycles. The van der Waals surface area contributed by atoms with E-state index >= 15 is 0 Å². The molecule has 1 fully saturated rings. The van der Waals surface area contributed by atoms with E-state index in [9.17, 15) is 9.18 Å². The van der Waals surface area contributed by atoms with Gasteiger partial charge < -0.3 is 15.0 Å². The number of likely N-dealkylation sites (tertiary alicyclic amines) is 1. The van der Waals surface area contributed by atoms with Crippen LogP contribution in [0.25, 0.3) is 0 Å². The summed E-state index contributed by atoms with van der Waals surface area (Å²) in [5.41, 5.74) is 1.91. The van der Waals surface area contributed by atoms with Crippen LogP contribution in [0.3, 0.4) is 0 Å². The smallest absolute Gasteiger partial charge is 0.229 e. The lowest BCUT2D eigenvalue weighted by Gasteiger charge is -2.36. The van der Waals surface area contributed by atoms with E-state index in [1.54, 1.807) is 18.2 Å². The zero-order valence-electron chi connectivity index (χ0n) is 15.0. The Kier molecular flexibility index (Phi) is 5.21. The average Bonchev–Trinajstić information content (AvgIpc) is 2.69. The molecule has 0 spiro atoms. The summed E-state index contributed by atoms with van der Waals surface area (Å²) in [7, 11) is 0. The maximum absolute atomic E-state index is 13.0. The van der Waals surface area contributed by atoms with Crippen molar-refractivity contribution in [3.05, 3.63) is 58.9 Å². The molecule has 4 rings (SSSR count). The standard InChI is InChI=1S/C21H22ClFN2O2/c22-16-1-6-20-14(12-16)11-15(13-27-20)21(26)25-9-7-19(8-10-25)24-18-4-2-17(23)3-5-18/h1-6,12,15,19,24H,7-11,13H2. The SMILES string of the molecule is O=C(C1COc2ccc(Cl)cc2C1)N1CCC(Nc2ccc(F)cc2)CC1. The predicted molar refractivity (Wildman–Crippen MR) is 104 cm³/mol. The number of hydrogen-bond donors (Lipinski definition) is 1. The van der Waals surface area contributed by atoms with Gasteiger partial charge in [0.05, 0.1) is 5.92 Å². The van der Waals surface area contributed by atoms with Gasteiger partial charge in [-0.2, -0.15) is 0 Å². The van der Waals surface area contributed by atoms with Gasteiger partial charge in [0.25, 0.3) is 0 Å². The second-order valence-electron chi connectivity index (χ2n) is 7.21. The molecule has 0 bridgehead atoms. The fraction of sp³-hybridized carbons (Fsp3) is 0.381. The fourth-order valence-electron chi connectivity index (χ4n) is 3.81. The van der Waals surface area contributed by atoms with Gasteiger partial charge in [-0.3, -0.25) is 4.79 Å². The van der Waals surface area contributed by atoms with Crippen LogP contribution in [0.5, 0.6) is 5.75 Å². The fourth-order valence-corrected chi connectivity index (χ4v) is 4.00. The van der Waals surface area contributed by atoms with E-state index in [1.165, 1.54) is 12.1 Å². The van der Waals surface area contributed by atoms with E-state index in [1.807, 2.05) is 17.0 Å². The number of benzene rings is 2. The van der Waals surface area contributed by atoms with Gasteiger partial charge in [0.1, 0.15) is 18.2 Å². The normalized spacial score (nSPS) is 19.9. The zero-order chi connectivity index (χ0) is 18.8. The van der Waals surface area contributed by atoms with Crippen molar-refractivity contribution in [2.75, 3.05) is 25.0 Å². The van der Waals surface area contributed by atoms with Gasteiger partial charge in [-0.25, -0.2) is 4.39 Å². The molecule has 27 heavy (non-hydrogen) atoms. The highest BCUT2D eigenvalue weighted by molar-refractivity contribution is 6.30. The van der Waals surface area contributed by atoms with Crippen LogP contribution < -0.4 is 10.1 Å². The first-order valence-electron chi connectivity index (χ1n) is 9.30. The Hall–Kier alpha value is -2.27. The van der Waals surface area contributed by atoms with E-state index in [0.717, 1.165) is 42.9 Å². The van der Waals surface area contributed by atoms with Gasteiger partial charge in [0, 0.05) is 29.8 Å². The summed E-state index contributed by atoms with van der Waals surface area (Å²) in [5.74, 6) is 0.586. The third-order valence-electron chi connectivity index (χ3n) is 5.30. The monoisotopic (exact) mass is 388 g/mol. The molecule has 1 amide bonds. The molecule has 0 radical (unpaired) electrons. The molecule has 2 aromatic carbocycles. The Morgan fingerprint density at radius 1 is 1.15 bits per heavy atom. The summed E-state index contributed by atoms with van der Waals surface area (Å²) in [6, 6.07) is 12.2. The molecule has 0 aromatic heterocycles. The van der Waals surface area contributed by atoms with Gasteiger partial charge in [0.15, 0.2) is 0 Å². The summed E-state index contributed by atoms with van der Waals surface area (Å²) >= 11 is 6.07. The molecule has 2 aromatic rings. The number of anilines is 1. The third-order valence-corrected chi connectivity index (χ3v) is 5.53. The van der Waals surface area contributed by atoms with Crippen LogP contribution in [0.1, 0.15) is 18.4 Å². The lowest BCUT2D eigenvalue weighted by atomic mass is 9.94. The van der Waals surface area contributed by atoms with Gasteiger partial charge in [-0.15, -0.1) is 0 Å². The summed E-state index contributed by atoms with van der Waals surface area (Å²) in [6.45, 7) is 1.86. The molecule has 1 saturated heterocycles. The van der Waals surface area contributed by atoms with Crippen molar-refractivity contribution >= 4 is 23.2 Å². The van der Waals surface area contributed by atoms with E-state index < -0.39 is 0 Å². The van der Waals surface area contributed by atoms with Gasteiger partial charge in [-0.1, -0.05) is 11.6 Å². The highest BCUT2D eigenvalue weighted by Crippen LogP contribution is 2.31. The minimum atomic E-state index is -0.237. The van der Waals surface area contributed by atoms with Crippen LogP contribution in [0.2, 0.25) is 5.02 Å². The van der Waals surface area contributed by atoms with E-state index in [2.05, 4.69) is 5.32 Å². The number of hydrogen-bond acceptors (Lipinski definition) is 3. The number of carbonyl (C=O) groups excluding carboxylic acids is 1. The number of nitrogens with one attached hydrogen (secondary N) is 1. The van der Waals surface area contributed by atoms with Crippen LogP contribution in [0, 0.1) is 11.7 Å². The molecule has 2 heterocycles. The van der Waals surface area contributed by atoms with Crippen molar-refractivity contribution in [3.8, 4) is 5.75 Å². The van der Waals surface area contributed by atoms with E-state index in [-0.39, 0.29) is 17.6 Å². The number of piperidine rings is 1. The van der Waals surface area contributed by atoms with Crippen LogP contribution in [-0.2, 0) is 11.2 Å². The molecular formula is C21H22ClFN2O2. The van der Waals surface area contributed by atoms with Gasteiger partial charge in [0.2, 0.25) is 5.91 Å². The second kappa shape index (κ2) is 7.77. The maximum Gasteiger partial charge on any atom is 0.229 e. The highest BCUT2D eigenvalue weighted by Gasteiger charge is 2.31. The van der Waals surface area contributed by atoms with E-state index in [4.69, 9.17) is 16.3 Å². The average molecular weight is 389 g/mol. The summed E-state index contributed by atoms with van der Waals surface area (Å²) in [4.78, 5) is 14.8. The van der Waals surface area contributed by atoms with Crippen molar-refractivity contribution in [2.45, 2.75) is 25.3 Å². The number of nitrogens with zero attached hydrogens (tertiary/aromatic N) is 1. The Balaban J connectivity index is 1.31. The largest absolute Gasteiger partial charge is 0.492 e. The van der Waals surface area contributed by atoms with E-state index in [0.29, 0.717) is 24.1 Å². The molecule has 4 nitrogen and oxygen atoms in total. The summed E-state index contributed by atoms with van der Waals surface area (Å²) in [5, 5.41) is 4.09. The molecule has 1 atom stereocenters. The topological polar surface area (TPSA) is 41.6 Å². The maximum atomic E-state index is 13.0. The summed E-state index contributed by atoms with van der Waals surface area (Å²) < 4.78 is 18.8. The zero-order valence-corrected chi connectivity index (χ0v) is 15.7. The lowest BCUT2D eigenvalue weighted by Crippen LogP contribution is -2.47. The molecule has 2 aliphatic rings. The third kappa shape index (κ3) is 4.19. The first-order valence-corrected chi connectivity index (χ1v) is 9.68. The minimum Gasteiger partial charge on any atom is -0.492 e. The molecular weight excluding hydrogens is 367 g/mol. The molecule has 0 saturated carbocycles. The number of rotatable bonds is 3. The lowest BCUT2D eigenvalue weighted by molar-refractivity contribution is -0.137. The van der Waals surface area contributed by atoms with Gasteiger partial charge >= 0.3 is 0 Å². The first kappa shape index (κ1) is 18.1. The molecule has 1 unspecified atom stereocenters. The molecule has 2 aliphatic heterocycles. The van der Waals surface area contributed by atoms with Crippen molar-refractivity contribution in [1.29, 1.82) is 0 Å². The number of fused-ring (bicyclic) bond motifs is 1. The number of amides is 1. The van der Waals surface area contributed by atoms with Crippen LogP contribution >= 0.6 is 11.6 Å². The number of halogens is 2. The number of carbonyl (C=O) groups is 1. The first-order chi connectivity index (χ1) is 13.1. The van der Waals surface area contributed by atoms with Crippen LogP contribution in [0.15, 0.2) is 42.5 Å². The van der Waals surface area contributed by atoms with Crippen LogP contribution in [0.4, 0.5) is 10.1 Å². The van der Waals surface area contributed by atoms with Crippen molar-refractivity contribution in [1.82, 2.24) is 4.90 Å². The van der Waals surface area contributed by atoms with Gasteiger partial charge in [-0.05, 0) is 67.3 Å². The van der Waals surface area contributed by atoms with Crippen molar-refractivity contribution in [3.63, 3.8) is 0 Å². The predicted octanol–water partition coefficient (Wildman–Crippen LogP) is 4.13. The molecule has 1 N–H and O–H groups in total. The van der Waals surface area contributed by atoms with Crippen LogP contribution in [-0.4, -0.2) is 36.5 Å². The Morgan fingerprint density at radius 3 is 2.63 bits per heavy atom. The quantitative estimate of drug-likeness (QED) is 0.859. The molecule has 6 heteroatoms. The molecule has 142 valence electrons. The highest BCUT2D eigenvalue weighted by atomic mass is 35.5.